The van der Waals surface area contributed by atoms with E-state index in [0.29, 0.717) is 17.8 Å². The second-order valence-corrected chi connectivity index (χ2v) is 4.08. The van der Waals surface area contributed by atoms with Crippen LogP contribution in [0.1, 0.15) is 0 Å². The quantitative estimate of drug-likeness (QED) is 0.736. The zero-order valence-corrected chi connectivity index (χ0v) is 10.1. The van der Waals surface area contributed by atoms with Gasteiger partial charge in [0.15, 0.2) is 0 Å². The molecule has 0 saturated heterocycles. The average molecular weight is 248 g/mol. The Kier molecular flexibility index (Phi) is 3.96. The number of aliphatic hydroxyl groups excluding tert-OH is 1. The van der Waals surface area contributed by atoms with Crippen molar-refractivity contribution in [2.75, 3.05) is 25.6 Å². The van der Waals surface area contributed by atoms with Crippen molar-refractivity contribution in [3.05, 3.63) is 40.7 Å². The maximum Gasteiger partial charge on any atom is 0.257 e. The van der Waals surface area contributed by atoms with Gasteiger partial charge in [-0.1, -0.05) is 18.2 Å². The first kappa shape index (κ1) is 12.6. The normalized spacial score (nSPS) is 12.6. The molecule has 1 aromatic heterocycles. The molecule has 0 spiro atoms. The number of pyridine rings is 1. The van der Waals surface area contributed by atoms with Crippen LogP contribution in [0.15, 0.2) is 35.1 Å². The number of nitrogens with one attached hydrogen (secondary N) is 2. The zero-order valence-electron chi connectivity index (χ0n) is 10.1. The van der Waals surface area contributed by atoms with Gasteiger partial charge in [0.05, 0.1) is 19.3 Å². The van der Waals surface area contributed by atoms with Crippen molar-refractivity contribution in [2.45, 2.75) is 6.04 Å². The van der Waals surface area contributed by atoms with Crippen LogP contribution >= 0.6 is 0 Å². The molecule has 0 fully saturated rings. The molecule has 0 aliphatic rings. The minimum atomic E-state index is -0.244. The molecule has 0 amide bonds. The van der Waals surface area contributed by atoms with Crippen LogP contribution in [0.5, 0.6) is 0 Å². The molecule has 5 nitrogen and oxygen atoms in total. The van der Waals surface area contributed by atoms with Crippen molar-refractivity contribution in [2.24, 2.45) is 0 Å². The maximum absolute atomic E-state index is 11.8. The minimum absolute atomic E-state index is 0.0668. The largest absolute Gasteiger partial charge is 0.394 e. The van der Waals surface area contributed by atoms with Crippen molar-refractivity contribution in [3.8, 4) is 0 Å². The van der Waals surface area contributed by atoms with Crippen LogP contribution in [0.2, 0.25) is 0 Å². The van der Waals surface area contributed by atoms with Crippen LogP contribution in [0.4, 0.5) is 5.82 Å². The van der Waals surface area contributed by atoms with Crippen molar-refractivity contribution >= 4 is 16.6 Å². The SMILES string of the molecule is COCC(CO)Nc1cc2ccccc2c(=O)[nH]1. The molecule has 5 heteroatoms. The van der Waals surface area contributed by atoms with Gasteiger partial charge in [0, 0.05) is 12.5 Å². The van der Waals surface area contributed by atoms with E-state index in [2.05, 4.69) is 10.3 Å². The Morgan fingerprint density at radius 3 is 2.94 bits per heavy atom. The monoisotopic (exact) mass is 248 g/mol. The van der Waals surface area contributed by atoms with Crippen molar-refractivity contribution in [3.63, 3.8) is 0 Å². The van der Waals surface area contributed by atoms with Crippen LogP contribution in [-0.2, 0) is 4.74 Å². The van der Waals surface area contributed by atoms with E-state index >= 15 is 0 Å². The Hall–Kier alpha value is -1.85. The molecule has 18 heavy (non-hydrogen) atoms. The number of benzene rings is 1. The van der Waals surface area contributed by atoms with Gasteiger partial charge in [-0.25, -0.2) is 0 Å². The highest BCUT2D eigenvalue weighted by molar-refractivity contribution is 5.83. The molecule has 0 saturated carbocycles. The molecule has 96 valence electrons. The number of aromatic amines is 1. The summed E-state index contributed by atoms with van der Waals surface area (Å²) in [4.78, 5) is 14.6. The molecule has 1 atom stereocenters. The Balaban J connectivity index is 2.32. The first-order valence-corrected chi connectivity index (χ1v) is 5.73. The number of hydrogen-bond acceptors (Lipinski definition) is 4. The number of aliphatic hydroxyl groups is 1. The molecule has 2 aromatic rings. The Morgan fingerprint density at radius 1 is 1.44 bits per heavy atom. The molecule has 0 radical (unpaired) electrons. The fourth-order valence-corrected chi connectivity index (χ4v) is 1.85. The van der Waals surface area contributed by atoms with Gasteiger partial charge in [0.1, 0.15) is 5.82 Å². The molecule has 1 heterocycles. The molecule has 1 unspecified atom stereocenters. The topological polar surface area (TPSA) is 74.3 Å². The highest BCUT2D eigenvalue weighted by Gasteiger charge is 2.08. The summed E-state index contributed by atoms with van der Waals surface area (Å²) < 4.78 is 4.97. The van der Waals surface area contributed by atoms with Gasteiger partial charge in [-0.2, -0.15) is 0 Å². The third-order valence-corrected chi connectivity index (χ3v) is 2.70. The highest BCUT2D eigenvalue weighted by Crippen LogP contribution is 2.13. The molecular formula is C13H16N2O3. The lowest BCUT2D eigenvalue weighted by Gasteiger charge is -2.16. The lowest BCUT2D eigenvalue weighted by molar-refractivity contribution is 0.153. The summed E-state index contributed by atoms with van der Waals surface area (Å²) in [7, 11) is 1.56. The van der Waals surface area contributed by atoms with E-state index in [0.717, 1.165) is 5.39 Å². The summed E-state index contributed by atoms with van der Waals surface area (Å²) in [5.41, 5.74) is -0.148. The van der Waals surface area contributed by atoms with Gasteiger partial charge in [-0.15, -0.1) is 0 Å². The third-order valence-electron chi connectivity index (χ3n) is 2.70. The summed E-state index contributed by atoms with van der Waals surface area (Å²) >= 11 is 0. The van der Waals surface area contributed by atoms with Crippen LogP contribution in [-0.4, -0.2) is 36.5 Å². The van der Waals surface area contributed by atoms with E-state index in [4.69, 9.17) is 9.84 Å². The zero-order chi connectivity index (χ0) is 13.0. The number of H-pyrrole nitrogens is 1. The number of hydrogen-bond donors (Lipinski definition) is 3. The smallest absolute Gasteiger partial charge is 0.257 e. The Bertz CT molecular complexity index is 580. The molecule has 0 aliphatic heterocycles. The van der Waals surface area contributed by atoms with Gasteiger partial charge in [0.2, 0.25) is 0 Å². The minimum Gasteiger partial charge on any atom is -0.394 e. The van der Waals surface area contributed by atoms with E-state index in [-0.39, 0.29) is 18.2 Å². The molecule has 3 N–H and O–H groups in total. The number of methoxy groups -OCH3 is 1. The maximum atomic E-state index is 11.8. The molecule has 0 bridgehead atoms. The summed E-state index contributed by atoms with van der Waals surface area (Å²) in [5.74, 6) is 0.579. The molecule has 1 aromatic carbocycles. The van der Waals surface area contributed by atoms with Gasteiger partial charge in [0.25, 0.3) is 5.56 Å². The summed E-state index contributed by atoms with van der Waals surface area (Å²) in [6.07, 6.45) is 0. The van der Waals surface area contributed by atoms with Crippen LogP contribution in [0.25, 0.3) is 10.8 Å². The fraction of sp³-hybridized carbons (Fsp3) is 0.308. The predicted molar refractivity (Wildman–Crippen MR) is 70.9 cm³/mol. The van der Waals surface area contributed by atoms with E-state index in [1.165, 1.54) is 0 Å². The Labute approximate surface area is 104 Å². The Morgan fingerprint density at radius 2 is 2.22 bits per heavy atom. The third kappa shape index (κ3) is 2.69. The molecule has 0 aliphatic carbocycles. The first-order valence-electron chi connectivity index (χ1n) is 5.73. The van der Waals surface area contributed by atoms with E-state index < -0.39 is 0 Å². The van der Waals surface area contributed by atoms with Gasteiger partial charge in [-0.05, 0) is 17.5 Å². The lowest BCUT2D eigenvalue weighted by atomic mass is 10.2. The number of fused-ring (bicyclic) bond motifs is 1. The summed E-state index contributed by atoms with van der Waals surface area (Å²) in [6, 6.07) is 8.95. The lowest BCUT2D eigenvalue weighted by Crippen LogP contribution is -2.30. The average Bonchev–Trinajstić information content (AvgIpc) is 2.38. The highest BCUT2D eigenvalue weighted by atomic mass is 16.5. The predicted octanol–water partition coefficient (Wildman–Crippen LogP) is 0.947. The molecular weight excluding hydrogens is 232 g/mol. The number of anilines is 1. The van der Waals surface area contributed by atoms with Crippen LogP contribution in [0, 0.1) is 0 Å². The second kappa shape index (κ2) is 5.66. The van der Waals surface area contributed by atoms with E-state index in [1.54, 1.807) is 13.2 Å². The van der Waals surface area contributed by atoms with E-state index in [1.807, 2.05) is 24.3 Å². The van der Waals surface area contributed by atoms with Crippen molar-refractivity contribution < 1.29 is 9.84 Å². The summed E-state index contributed by atoms with van der Waals surface area (Å²) in [6.45, 7) is 0.300. The second-order valence-electron chi connectivity index (χ2n) is 4.08. The number of aromatic nitrogens is 1. The van der Waals surface area contributed by atoms with Gasteiger partial charge in [-0.3, -0.25) is 4.79 Å². The first-order chi connectivity index (χ1) is 8.74. The van der Waals surface area contributed by atoms with Crippen LogP contribution < -0.4 is 10.9 Å². The van der Waals surface area contributed by atoms with Gasteiger partial charge >= 0.3 is 0 Å². The van der Waals surface area contributed by atoms with Gasteiger partial charge < -0.3 is 20.1 Å². The van der Waals surface area contributed by atoms with Crippen LogP contribution in [0.3, 0.4) is 0 Å². The van der Waals surface area contributed by atoms with E-state index in [9.17, 15) is 4.79 Å². The fourth-order valence-electron chi connectivity index (χ4n) is 1.85. The standard InChI is InChI=1S/C13H16N2O3/c1-18-8-10(7-16)14-12-6-9-4-2-3-5-11(9)13(17)15-12/h2-6,10,16H,7-8H2,1H3,(H2,14,15,17). The summed E-state index contributed by atoms with van der Waals surface area (Å²) in [5, 5.41) is 13.7. The van der Waals surface area contributed by atoms with Crippen molar-refractivity contribution in [1.29, 1.82) is 0 Å². The number of rotatable bonds is 5. The molecule has 2 rings (SSSR count). The van der Waals surface area contributed by atoms with Crippen molar-refractivity contribution in [1.82, 2.24) is 4.98 Å². The number of ether oxygens (including phenoxy) is 1.